The third-order valence-electron chi connectivity index (χ3n) is 4.27. The number of ether oxygens (including phenoxy) is 2. The van der Waals surface area contributed by atoms with Gasteiger partial charge in [0, 0.05) is 0 Å². The predicted octanol–water partition coefficient (Wildman–Crippen LogP) is 2.57. The first-order chi connectivity index (χ1) is 7.80. The molecule has 2 aliphatic carbocycles. The maximum absolute atomic E-state index is 11.9. The Morgan fingerprint density at radius 1 is 1.06 bits per heavy atom. The molecule has 3 fully saturated rings. The largest absolute Gasteiger partial charge is 0.460 e. The van der Waals surface area contributed by atoms with Gasteiger partial charge in [-0.1, -0.05) is 19.3 Å². The third-order valence-corrected chi connectivity index (χ3v) is 4.27. The van der Waals surface area contributed by atoms with Gasteiger partial charge in [-0.2, -0.15) is 0 Å². The number of esters is 1. The zero-order chi connectivity index (χ0) is 11.0. The molecule has 1 heterocycles. The highest BCUT2D eigenvalue weighted by molar-refractivity contribution is 5.79. The molecule has 1 atom stereocenters. The molecule has 0 radical (unpaired) electrons. The second kappa shape index (κ2) is 4.02. The quantitative estimate of drug-likeness (QED) is 0.534. The number of carbonyl (C=O) groups excluding carboxylic acids is 1. The molecule has 0 bridgehead atoms. The summed E-state index contributed by atoms with van der Waals surface area (Å²) in [5, 5.41) is 0. The van der Waals surface area contributed by atoms with Crippen molar-refractivity contribution in [3.05, 3.63) is 0 Å². The minimum Gasteiger partial charge on any atom is -0.460 e. The van der Waals surface area contributed by atoms with E-state index in [1.54, 1.807) is 0 Å². The molecule has 3 aliphatic rings. The van der Waals surface area contributed by atoms with Crippen molar-refractivity contribution in [1.29, 1.82) is 0 Å². The lowest BCUT2D eigenvalue weighted by Crippen LogP contribution is -2.26. The van der Waals surface area contributed by atoms with Crippen molar-refractivity contribution in [2.45, 2.75) is 75.6 Å². The summed E-state index contributed by atoms with van der Waals surface area (Å²) in [6.45, 7) is 0. The SMILES string of the molecule is O=C(OC1CCCCC1)C1OC12CCCC2. The highest BCUT2D eigenvalue weighted by atomic mass is 16.7. The summed E-state index contributed by atoms with van der Waals surface area (Å²) in [6, 6.07) is 0. The molecule has 2 saturated carbocycles. The Balaban J connectivity index is 1.50. The number of hydrogen-bond donors (Lipinski definition) is 0. The average molecular weight is 224 g/mol. The summed E-state index contributed by atoms with van der Waals surface area (Å²) in [7, 11) is 0. The smallest absolute Gasteiger partial charge is 0.338 e. The van der Waals surface area contributed by atoms with E-state index in [-0.39, 0.29) is 23.8 Å². The lowest BCUT2D eigenvalue weighted by Gasteiger charge is -2.21. The van der Waals surface area contributed by atoms with E-state index in [9.17, 15) is 4.79 Å². The van der Waals surface area contributed by atoms with Crippen molar-refractivity contribution in [2.24, 2.45) is 0 Å². The van der Waals surface area contributed by atoms with E-state index in [2.05, 4.69) is 0 Å². The molecule has 0 aromatic carbocycles. The van der Waals surface area contributed by atoms with Gasteiger partial charge in [-0.15, -0.1) is 0 Å². The van der Waals surface area contributed by atoms with E-state index in [0.717, 1.165) is 25.7 Å². The number of epoxide rings is 1. The van der Waals surface area contributed by atoms with E-state index in [4.69, 9.17) is 9.47 Å². The molecule has 1 saturated heterocycles. The highest BCUT2D eigenvalue weighted by Gasteiger charge is 2.62. The van der Waals surface area contributed by atoms with Crippen LogP contribution in [0.1, 0.15) is 57.8 Å². The molecule has 0 aromatic heterocycles. The van der Waals surface area contributed by atoms with Crippen LogP contribution < -0.4 is 0 Å². The summed E-state index contributed by atoms with van der Waals surface area (Å²) in [4.78, 5) is 11.9. The first-order valence-electron chi connectivity index (χ1n) is 6.68. The third kappa shape index (κ3) is 1.86. The number of carbonyl (C=O) groups is 1. The second-order valence-electron chi connectivity index (χ2n) is 5.47. The van der Waals surface area contributed by atoms with Gasteiger partial charge in [0.2, 0.25) is 0 Å². The lowest BCUT2D eigenvalue weighted by atomic mass is 9.97. The van der Waals surface area contributed by atoms with E-state index in [1.165, 1.54) is 32.1 Å². The van der Waals surface area contributed by atoms with Crippen LogP contribution in [-0.2, 0) is 14.3 Å². The van der Waals surface area contributed by atoms with Gasteiger partial charge in [0.05, 0.1) is 0 Å². The molecule has 0 N–H and O–H groups in total. The van der Waals surface area contributed by atoms with Crippen molar-refractivity contribution in [3.63, 3.8) is 0 Å². The molecule has 1 unspecified atom stereocenters. The van der Waals surface area contributed by atoms with Crippen LogP contribution in [0.25, 0.3) is 0 Å². The lowest BCUT2D eigenvalue weighted by molar-refractivity contribution is -0.152. The fourth-order valence-corrected chi connectivity index (χ4v) is 3.23. The summed E-state index contributed by atoms with van der Waals surface area (Å²) < 4.78 is 11.1. The summed E-state index contributed by atoms with van der Waals surface area (Å²) in [5.41, 5.74) is -0.0915. The monoisotopic (exact) mass is 224 g/mol. The summed E-state index contributed by atoms with van der Waals surface area (Å²) >= 11 is 0. The Morgan fingerprint density at radius 3 is 2.44 bits per heavy atom. The fraction of sp³-hybridized carbons (Fsp3) is 0.923. The van der Waals surface area contributed by atoms with E-state index in [0.29, 0.717) is 0 Å². The van der Waals surface area contributed by atoms with Gasteiger partial charge in [-0.25, -0.2) is 4.79 Å². The van der Waals surface area contributed by atoms with E-state index < -0.39 is 0 Å². The summed E-state index contributed by atoms with van der Waals surface area (Å²) in [6.07, 6.45) is 10.2. The Morgan fingerprint density at radius 2 is 1.75 bits per heavy atom. The van der Waals surface area contributed by atoms with Gasteiger partial charge in [0.25, 0.3) is 0 Å². The van der Waals surface area contributed by atoms with Gasteiger partial charge >= 0.3 is 5.97 Å². The maximum atomic E-state index is 11.9. The van der Waals surface area contributed by atoms with Crippen LogP contribution in [0.15, 0.2) is 0 Å². The van der Waals surface area contributed by atoms with Crippen LogP contribution in [0.2, 0.25) is 0 Å². The fourth-order valence-electron chi connectivity index (χ4n) is 3.23. The topological polar surface area (TPSA) is 38.8 Å². The van der Waals surface area contributed by atoms with Crippen LogP contribution >= 0.6 is 0 Å². The summed E-state index contributed by atoms with van der Waals surface area (Å²) in [5.74, 6) is -0.0891. The molecule has 90 valence electrons. The van der Waals surface area contributed by atoms with Gasteiger partial charge in [0.15, 0.2) is 6.10 Å². The molecule has 1 spiro atoms. The van der Waals surface area contributed by atoms with Gasteiger partial charge in [-0.05, 0) is 38.5 Å². The first-order valence-corrected chi connectivity index (χ1v) is 6.68. The predicted molar refractivity (Wildman–Crippen MR) is 59.0 cm³/mol. The standard InChI is InChI=1S/C13H20O3/c14-12(15-10-6-2-1-3-7-10)11-13(16-11)8-4-5-9-13/h10-11H,1-9H2. The number of rotatable bonds is 2. The Kier molecular flexibility index (Phi) is 2.66. The number of hydrogen-bond acceptors (Lipinski definition) is 3. The van der Waals surface area contributed by atoms with E-state index in [1.807, 2.05) is 0 Å². The van der Waals surface area contributed by atoms with Crippen molar-refractivity contribution in [2.75, 3.05) is 0 Å². The zero-order valence-electron chi connectivity index (χ0n) is 9.74. The van der Waals surface area contributed by atoms with Crippen LogP contribution in [0.3, 0.4) is 0 Å². The van der Waals surface area contributed by atoms with Crippen molar-refractivity contribution < 1.29 is 14.3 Å². The highest BCUT2D eigenvalue weighted by Crippen LogP contribution is 2.50. The van der Waals surface area contributed by atoms with Crippen molar-refractivity contribution >= 4 is 5.97 Å². The Bertz CT molecular complexity index is 275. The molecule has 3 heteroatoms. The Labute approximate surface area is 96.5 Å². The maximum Gasteiger partial charge on any atom is 0.338 e. The van der Waals surface area contributed by atoms with Crippen molar-refractivity contribution in [3.8, 4) is 0 Å². The first kappa shape index (κ1) is 10.6. The molecule has 3 nitrogen and oxygen atoms in total. The van der Waals surface area contributed by atoms with Gasteiger partial charge in [-0.3, -0.25) is 0 Å². The molecular formula is C13H20O3. The Hall–Kier alpha value is -0.570. The van der Waals surface area contributed by atoms with Crippen LogP contribution in [-0.4, -0.2) is 23.8 Å². The van der Waals surface area contributed by atoms with Crippen LogP contribution in [0, 0.1) is 0 Å². The van der Waals surface area contributed by atoms with E-state index >= 15 is 0 Å². The second-order valence-corrected chi connectivity index (χ2v) is 5.47. The molecular weight excluding hydrogens is 204 g/mol. The molecule has 0 amide bonds. The van der Waals surface area contributed by atoms with Crippen molar-refractivity contribution in [1.82, 2.24) is 0 Å². The molecule has 3 rings (SSSR count). The minimum atomic E-state index is -0.225. The minimum absolute atomic E-state index is 0.0891. The molecule has 0 aromatic rings. The van der Waals surface area contributed by atoms with Crippen LogP contribution in [0.5, 0.6) is 0 Å². The van der Waals surface area contributed by atoms with Gasteiger partial charge in [0.1, 0.15) is 11.7 Å². The molecule has 1 aliphatic heterocycles. The zero-order valence-corrected chi connectivity index (χ0v) is 9.74. The molecule has 16 heavy (non-hydrogen) atoms. The van der Waals surface area contributed by atoms with Gasteiger partial charge < -0.3 is 9.47 Å². The normalized spacial score (nSPS) is 32.9. The van der Waals surface area contributed by atoms with Crippen LogP contribution in [0.4, 0.5) is 0 Å². The average Bonchev–Trinajstić information content (AvgIpc) is 2.79.